The maximum absolute atomic E-state index is 12.1. The number of nitrogens with one attached hydrogen (secondary N) is 1. The summed E-state index contributed by atoms with van der Waals surface area (Å²) in [7, 11) is 0. The highest BCUT2D eigenvalue weighted by molar-refractivity contribution is 9.10. The van der Waals surface area contributed by atoms with Crippen LogP contribution in [0.4, 0.5) is 0 Å². The molecule has 0 aromatic heterocycles. The Morgan fingerprint density at radius 2 is 2.05 bits per heavy atom. The number of carboxylic acid groups (broad SMARTS) is 1. The van der Waals surface area contributed by atoms with Gasteiger partial charge in [-0.2, -0.15) is 0 Å². The zero-order chi connectivity index (χ0) is 14.6. The fraction of sp³-hybridized carbons (Fsp3) is 0.385. The molecule has 0 saturated heterocycles. The molecule has 1 aromatic carbocycles. The lowest BCUT2D eigenvalue weighted by molar-refractivity contribution is -0.139. The zero-order valence-electron chi connectivity index (χ0n) is 10.6. The summed E-state index contributed by atoms with van der Waals surface area (Å²) < 4.78 is 0.572. The molecule has 0 radical (unpaired) electrons. The average molecular weight is 349 g/mol. The van der Waals surface area contributed by atoms with E-state index in [-0.39, 0.29) is 5.92 Å². The summed E-state index contributed by atoms with van der Waals surface area (Å²) >= 11 is 9.07. The first-order valence-electron chi connectivity index (χ1n) is 5.80. The monoisotopic (exact) mass is 347 g/mol. The van der Waals surface area contributed by atoms with Gasteiger partial charge in [0.25, 0.3) is 5.91 Å². The third-order valence-corrected chi connectivity index (χ3v) is 3.41. The van der Waals surface area contributed by atoms with E-state index < -0.39 is 17.9 Å². The van der Waals surface area contributed by atoms with Crippen molar-refractivity contribution in [2.45, 2.75) is 26.3 Å². The number of rotatable bonds is 5. The molecule has 1 amide bonds. The van der Waals surface area contributed by atoms with Gasteiger partial charge in [0.2, 0.25) is 0 Å². The van der Waals surface area contributed by atoms with Crippen LogP contribution in [0.5, 0.6) is 0 Å². The number of hydrogen-bond donors (Lipinski definition) is 2. The molecule has 0 aliphatic heterocycles. The molecule has 0 saturated carbocycles. The standard InChI is InChI=1S/C13H15BrClNO3/c1-7(2)5-11(13(18)19)16-12(17)9-6-8(15)3-4-10(9)14/h3-4,6-7,11H,5H2,1-2H3,(H,16,17)(H,18,19)/t11-/m1/s1. The van der Waals surface area contributed by atoms with Crippen LogP contribution in [-0.2, 0) is 4.79 Å². The molecule has 1 aromatic rings. The molecular formula is C13H15BrClNO3. The highest BCUT2D eigenvalue weighted by Gasteiger charge is 2.22. The Labute approximate surface area is 125 Å². The van der Waals surface area contributed by atoms with Crippen LogP contribution in [0.25, 0.3) is 0 Å². The molecule has 104 valence electrons. The normalized spacial score (nSPS) is 12.3. The van der Waals surface area contributed by atoms with E-state index in [0.29, 0.717) is 21.5 Å². The molecule has 0 unspecified atom stereocenters. The average Bonchev–Trinajstić information content (AvgIpc) is 2.30. The van der Waals surface area contributed by atoms with Crippen molar-refractivity contribution in [2.24, 2.45) is 5.92 Å². The van der Waals surface area contributed by atoms with E-state index in [1.165, 1.54) is 6.07 Å². The van der Waals surface area contributed by atoms with Crippen LogP contribution < -0.4 is 5.32 Å². The summed E-state index contributed by atoms with van der Waals surface area (Å²) in [6.45, 7) is 3.80. The topological polar surface area (TPSA) is 66.4 Å². The van der Waals surface area contributed by atoms with Gasteiger partial charge < -0.3 is 10.4 Å². The molecule has 0 aliphatic carbocycles. The number of halogens is 2. The lowest BCUT2D eigenvalue weighted by atomic mass is 10.0. The molecular weight excluding hydrogens is 334 g/mol. The van der Waals surface area contributed by atoms with E-state index in [2.05, 4.69) is 21.2 Å². The van der Waals surface area contributed by atoms with Crippen LogP contribution >= 0.6 is 27.5 Å². The third kappa shape index (κ3) is 4.84. The van der Waals surface area contributed by atoms with Crippen LogP contribution in [0.2, 0.25) is 5.02 Å². The Balaban J connectivity index is 2.87. The largest absolute Gasteiger partial charge is 0.480 e. The number of carbonyl (C=O) groups excluding carboxylic acids is 1. The number of benzene rings is 1. The molecule has 19 heavy (non-hydrogen) atoms. The predicted molar refractivity (Wildman–Crippen MR) is 77.5 cm³/mol. The SMILES string of the molecule is CC(C)C[C@@H](NC(=O)c1cc(Cl)ccc1Br)C(=O)O. The summed E-state index contributed by atoms with van der Waals surface area (Å²) in [4.78, 5) is 23.2. The first kappa shape index (κ1) is 16.0. The third-order valence-electron chi connectivity index (χ3n) is 2.48. The van der Waals surface area contributed by atoms with Crippen LogP contribution in [-0.4, -0.2) is 23.0 Å². The van der Waals surface area contributed by atoms with Gasteiger partial charge in [0, 0.05) is 9.50 Å². The van der Waals surface area contributed by atoms with E-state index in [0.717, 1.165) is 0 Å². The molecule has 0 spiro atoms. The maximum atomic E-state index is 12.1. The Morgan fingerprint density at radius 3 is 2.58 bits per heavy atom. The van der Waals surface area contributed by atoms with Crippen LogP contribution in [0.15, 0.2) is 22.7 Å². The van der Waals surface area contributed by atoms with E-state index in [4.69, 9.17) is 16.7 Å². The predicted octanol–water partition coefficient (Wildman–Crippen LogP) is 3.33. The number of carbonyl (C=O) groups is 2. The first-order chi connectivity index (χ1) is 8.81. The molecule has 0 fully saturated rings. The van der Waals surface area contributed by atoms with E-state index in [9.17, 15) is 9.59 Å². The van der Waals surface area contributed by atoms with Crippen molar-refractivity contribution in [2.75, 3.05) is 0 Å². The van der Waals surface area contributed by atoms with Crippen LogP contribution in [0.3, 0.4) is 0 Å². The summed E-state index contributed by atoms with van der Waals surface area (Å²) in [5, 5.41) is 12.0. The lowest BCUT2D eigenvalue weighted by Gasteiger charge is -2.17. The van der Waals surface area contributed by atoms with Gasteiger partial charge in [-0.3, -0.25) is 4.79 Å². The van der Waals surface area contributed by atoms with Crippen molar-refractivity contribution in [3.63, 3.8) is 0 Å². The molecule has 0 heterocycles. The highest BCUT2D eigenvalue weighted by Crippen LogP contribution is 2.21. The number of hydrogen-bond acceptors (Lipinski definition) is 2. The second-order valence-electron chi connectivity index (χ2n) is 4.62. The maximum Gasteiger partial charge on any atom is 0.326 e. The number of aliphatic carboxylic acids is 1. The second-order valence-corrected chi connectivity index (χ2v) is 5.91. The van der Waals surface area contributed by atoms with Gasteiger partial charge in [-0.1, -0.05) is 25.4 Å². The Bertz CT molecular complexity index is 491. The van der Waals surface area contributed by atoms with Crippen molar-refractivity contribution < 1.29 is 14.7 Å². The molecule has 0 bridgehead atoms. The van der Waals surface area contributed by atoms with Crippen molar-refractivity contribution in [1.29, 1.82) is 0 Å². The quantitative estimate of drug-likeness (QED) is 0.857. The lowest BCUT2D eigenvalue weighted by Crippen LogP contribution is -2.41. The first-order valence-corrected chi connectivity index (χ1v) is 6.97. The number of amides is 1. The van der Waals surface area contributed by atoms with Crippen LogP contribution in [0, 0.1) is 5.92 Å². The fourth-order valence-corrected chi connectivity index (χ4v) is 2.20. The minimum Gasteiger partial charge on any atom is -0.480 e. The Kier molecular flexibility index (Phi) is 5.82. The molecule has 0 aliphatic rings. The van der Waals surface area contributed by atoms with Gasteiger partial charge in [-0.25, -0.2) is 4.79 Å². The minimum atomic E-state index is -1.04. The minimum absolute atomic E-state index is 0.171. The molecule has 6 heteroatoms. The van der Waals surface area contributed by atoms with Gasteiger partial charge in [-0.05, 0) is 46.5 Å². The summed E-state index contributed by atoms with van der Waals surface area (Å²) in [5.41, 5.74) is 0.322. The van der Waals surface area contributed by atoms with E-state index in [1.54, 1.807) is 12.1 Å². The van der Waals surface area contributed by atoms with Crippen molar-refractivity contribution >= 4 is 39.4 Å². The van der Waals surface area contributed by atoms with Crippen molar-refractivity contribution in [3.05, 3.63) is 33.3 Å². The highest BCUT2D eigenvalue weighted by atomic mass is 79.9. The van der Waals surface area contributed by atoms with E-state index >= 15 is 0 Å². The second kappa shape index (κ2) is 6.91. The van der Waals surface area contributed by atoms with Gasteiger partial charge in [-0.15, -0.1) is 0 Å². The summed E-state index contributed by atoms with van der Waals surface area (Å²) in [6.07, 6.45) is 0.374. The summed E-state index contributed by atoms with van der Waals surface area (Å²) in [5.74, 6) is -1.33. The smallest absolute Gasteiger partial charge is 0.326 e. The molecule has 1 rings (SSSR count). The van der Waals surface area contributed by atoms with Crippen LogP contribution in [0.1, 0.15) is 30.6 Å². The van der Waals surface area contributed by atoms with Gasteiger partial charge in [0.1, 0.15) is 6.04 Å². The Hall–Kier alpha value is -1.07. The zero-order valence-corrected chi connectivity index (χ0v) is 13.0. The van der Waals surface area contributed by atoms with Crippen molar-refractivity contribution in [1.82, 2.24) is 5.32 Å². The molecule has 1 atom stereocenters. The Morgan fingerprint density at radius 1 is 1.42 bits per heavy atom. The van der Waals surface area contributed by atoms with Crippen molar-refractivity contribution in [3.8, 4) is 0 Å². The van der Waals surface area contributed by atoms with Gasteiger partial charge in [0.05, 0.1) is 5.56 Å². The molecule has 4 nitrogen and oxygen atoms in total. The number of carboxylic acids is 1. The molecule has 2 N–H and O–H groups in total. The van der Waals surface area contributed by atoms with Gasteiger partial charge in [0.15, 0.2) is 0 Å². The summed E-state index contributed by atoms with van der Waals surface area (Å²) in [6, 6.07) is 3.88. The van der Waals surface area contributed by atoms with Gasteiger partial charge >= 0.3 is 5.97 Å². The van der Waals surface area contributed by atoms with E-state index in [1.807, 2.05) is 13.8 Å². The fourth-order valence-electron chi connectivity index (χ4n) is 1.60.